The number of hydrogen-bond donors (Lipinski definition) is 2. The Bertz CT molecular complexity index is 391. The molecule has 0 atom stereocenters. The van der Waals surface area contributed by atoms with Gasteiger partial charge in [-0.1, -0.05) is 6.92 Å². The zero-order valence-corrected chi connectivity index (χ0v) is 9.38. The van der Waals surface area contributed by atoms with Crippen molar-refractivity contribution in [3.63, 3.8) is 0 Å². The molecule has 1 aromatic rings. The molecule has 16 heavy (non-hydrogen) atoms. The summed E-state index contributed by atoms with van der Waals surface area (Å²) in [4.78, 5) is 11.4. The van der Waals surface area contributed by atoms with E-state index in [9.17, 15) is 4.79 Å². The lowest BCUT2D eigenvalue weighted by Gasteiger charge is -2.07. The molecule has 2 N–H and O–H groups in total. The number of benzene rings is 1. The van der Waals surface area contributed by atoms with E-state index in [-0.39, 0.29) is 6.03 Å². The zero-order valence-electron chi connectivity index (χ0n) is 9.38. The minimum absolute atomic E-state index is 0.152. The number of anilines is 1. The van der Waals surface area contributed by atoms with E-state index in [1.54, 1.807) is 0 Å². The SMILES string of the molecule is CCCNC(=O)Nc1ccc2c(c1)CCO2. The van der Waals surface area contributed by atoms with Crippen molar-refractivity contribution < 1.29 is 9.53 Å². The molecule has 2 rings (SSSR count). The van der Waals surface area contributed by atoms with Crippen LogP contribution in [0.3, 0.4) is 0 Å². The van der Waals surface area contributed by atoms with Gasteiger partial charge in [0.05, 0.1) is 6.61 Å². The Hall–Kier alpha value is -1.71. The average molecular weight is 220 g/mol. The summed E-state index contributed by atoms with van der Waals surface area (Å²) in [5.74, 6) is 0.930. The maximum atomic E-state index is 11.4. The molecule has 0 fully saturated rings. The van der Waals surface area contributed by atoms with Gasteiger partial charge in [0.15, 0.2) is 0 Å². The van der Waals surface area contributed by atoms with Crippen LogP contribution in [-0.2, 0) is 6.42 Å². The second-order valence-corrected chi connectivity index (χ2v) is 3.80. The van der Waals surface area contributed by atoms with Crippen LogP contribution in [0.1, 0.15) is 18.9 Å². The highest BCUT2D eigenvalue weighted by Gasteiger charge is 2.12. The molecule has 0 unspecified atom stereocenters. The molecule has 0 saturated heterocycles. The minimum atomic E-state index is -0.152. The lowest BCUT2D eigenvalue weighted by molar-refractivity contribution is 0.252. The van der Waals surface area contributed by atoms with Crippen molar-refractivity contribution in [1.82, 2.24) is 5.32 Å². The van der Waals surface area contributed by atoms with E-state index in [1.807, 2.05) is 25.1 Å². The van der Waals surface area contributed by atoms with Crippen LogP contribution >= 0.6 is 0 Å². The third kappa shape index (κ3) is 2.45. The monoisotopic (exact) mass is 220 g/mol. The second kappa shape index (κ2) is 4.88. The number of urea groups is 1. The molecule has 4 nitrogen and oxygen atoms in total. The summed E-state index contributed by atoms with van der Waals surface area (Å²) in [6.07, 6.45) is 1.85. The van der Waals surface area contributed by atoms with Gasteiger partial charge in [-0.05, 0) is 30.2 Å². The van der Waals surface area contributed by atoms with Gasteiger partial charge in [0.1, 0.15) is 5.75 Å². The summed E-state index contributed by atoms with van der Waals surface area (Å²) in [6, 6.07) is 5.57. The van der Waals surface area contributed by atoms with Crippen LogP contribution < -0.4 is 15.4 Å². The number of fused-ring (bicyclic) bond motifs is 1. The maximum Gasteiger partial charge on any atom is 0.319 e. The molecule has 2 amide bonds. The van der Waals surface area contributed by atoms with Crippen molar-refractivity contribution >= 4 is 11.7 Å². The average Bonchev–Trinajstić information content (AvgIpc) is 2.73. The first-order chi connectivity index (χ1) is 7.79. The van der Waals surface area contributed by atoms with Crippen LogP contribution in [0.4, 0.5) is 10.5 Å². The van der Waals surface area contributed by atoms with E-state index < -0.39 is 0 Å². The Morgan fingerprint density at radius 3 is 3.19 bits per heavy atom. The highest BCUT2D eigenvalue weighted by molar-refractivity contribution is 5.89. The molecule has 0 aromatic heterocycles. The molecule has 1 aromatic carbocycles. The predicted molar refractivity (Wildman–Crippen MR) is 63.0 cm³/mol. The van der Waals surface area contributed by atoms with Crippen LogP contribution in [0.15, 0.2) is 18.2 Å². The first-order valence-corrected chi connectivity index (χ1v) is 5.60. The van der Waals surface area contributed by atoms with Crippen molar-refractivity contribution in [2.45, 2.75) is 19.8 Å². The summed E-state index contributed by atoms with van der Waals surface area (Å²) < 4.78 is 5.39. The number of hydrogen-bond acceptors (Lipinski definition) is 2. The summed E-state index contributed by atoms with van der Waals surface area (Å²) >= 11 is 0. The fourth-order valence-corrected chi connectivity index (χ4v) is 1.68. The fourth-order valence-electron chi connectivity index (χ4n) is 1.68. The smallest absolute Gasteiger partial charge is 0.319 e. The number of carbonyl (C=O) groups excluding carboxylic acids is 1. The highest BCUT2D eigenvalue weighted by atomic mass is 16.5. The van der Waals surface area contributed by atoms with Gasteiger partial charge in [0.2, 0.25) is 0 Å². The highest BCUT2D eigenvalue weighted by Crippen LogP contribution is 2.27. The van der Waals surface area contributed by atoms with Gasteiger partial charge in [-0.25, -0.2) is 4.79 Å². The van der Waals surface area contributed by atoms with E-state index in [0.29, 0.717) is 6.54 Å². The van der Waals surface area contributed by atoms with Gasteiger partial charge in [-0.3, -0.25) is 0 Å². The maximum absolute atomic E-state index is 11.4. The summed E-state index contributed by atoms with van der Waals surface area (Å²) in [6.45, 7) is 3.45. The molecule has 1 aliphatic rings. The molecule has 0 saturated carbocycles. The first-order valence-electron chi connectivity index (χ1n) is 5.60. The standard InChI is InChI=1S/C12H16N2O2/c1-2-6-13-12(15)14-10-3-4-11-9(8-10)5-7-16-11/h3-4,8H,2,5-7H2,1H3,(H2,13,14,15). The lowest BCUT2D eigenvalue weighted by Crippen LogP contribution is -2.29. The molecule has 0 bridgehead atoms. The Labute approximate surface area is 95.0 Å². The van der Waals surface area contributed by atoms with Crippen molar-refractivity contribution in [2.24, 2.45) is 0 Å². The van der Waals surface area contributed by atoms with Crippen LogP contribution in [-0.4, -0.2) is 19.2 Å². The fraction of sp³-hybridized carbons (Fsp3) is 0.417. The molecule has 0 aliphatic carbocycles. The van der Waals surface area contributed by atoms with Crippen LogP contribution in [0.25, 0.3) is 0 Å². The zero-order chi connectivity index (χ0) is 11.4. The Balaban J connectivity index is 1.97. The molecule has 1 aliphatic heterocycles. The number of ether oxygens (including phenoxy) is 1. The third-order valence-electron chi connectivity index (χ3n) is 2.48. The van der Waals surface area contributed by atoms with Crippen LogP contribution in [0, 0.1) is 0 Å². The van der Waals surface area contributed by atoms with E-state index in [2.05, 4.69) is 10.6 Å². The molecular formula is C12H16N2O2. The Kier molecular flexibility index (Phi) is 3.29. The molecular weight excluding hydrogens is 204 g/mol. The first kappa shape index (κ1) is 10.8. The normalized spacial score (nSPS) is 12.8. The minimum Gasteiger partial charge on any atom is -0.493 e. The number of nitrogens with one attached hydrogen (secondary N) is 2. The van der Waals surface area contributed by atoms with E-state index >= 15 is 0 Å². The van der Waals surface area contributed by atoms with Crippen molar-refractivity contribution in [1.29, 1.82) is 0 Å². The Morgan fingerprint density at radius 1 is 1.50 bits per heavy atom. The van der Waals surface area contributed by atoms with Gasteiger partial charge in [0.25, 0.3) is 0 Å². The lowest BCUT2D eigenvalue weighted by atomic mass is 10.1. The quantitative estimate of drug-likeness (QED) is 0.820. The molecule has 0 radical (unpaired) electrons. The van der Waals surface area contributed by atoms with Crippen molar-refractivity contribution in [3.05, 3.63) is 23.8 Å². The van der Waals surface area contributed by atoms with Gasteiger partial charge in [0, 0.05) is 18.7 Å². The molecule has 0 spiro atoms. The van der Waals surface area contributed by atoms with Crippen molar-refractivity contribution in [3.8, 4) is 5.75 Å². The van der Waals surface area contributed by atoms with Crippen LogP contribution in [0.5, 0.6) is 5.75 Å². The summed E-state index contributed by atoms with van der Waals surface area (Å²) in [5, 5.41) is 5.57. The summed E-state index contributed by atoms with van der Waals surface area (Å²) in [5.41, 5.74) is 1.98. The molecule has 1 heterocycles. The van der Waals surface area contributed by atoms with E-state index in [0.717, 1.165) is 36.4 Å². The number of amides is 2. The van der Waals surface area contributed by atoms with E-state index in [4.69, 9.17) is 4.74 Å². The van der Waals surface area contributed by atoms with Gasteiger partial charge in [-0.2, -0.15) is 0 Å². The van der Waals surface area contributed by atoms with Gasteiger partial charge < -0.3 is 15.4 Å². The van der Waals surface area contributed by atoms with Gasteiger partial charge >= 0.3 is 6.03 Å². The number of carbonyl (C=O) groups is 1. The van der Waals surface area contributed by atoms with E-state index in [1.165, 1.54) is 0 Å². The molecule has 86 valence electrons. The third-order valence-corrected chi connectivity index (χ3v) is 2.48. The van der Waals surface area contributed by atoms with Crippen LogP contribution in [0.2, 0.25) is 0 Å². The Morgan fingerprint density at radius 2 is 2.38 bits per heavy atom. The van der Waals surface area contributed by atoms with Crippen molar-refractivity contribution in [2.75, 3.05) is 18.5 Å². The topological polar surface area (TPSA) is 50.4 Å². The van der Waals surface area contributed by atoms with Gasteiger partial charge in [-0.15, -0.1) is 0 Å². The largest absolute Gasteiger partial charge is 0.493 e. The second-order valence-electron chi connectivity index (χ2n) is 3.80. The predicted octanol–water partition coefficient (Wildman–Crippen LogP) is 2.15. The summed E-state index contributed by atoms with van der Waals surface area (Å²) in [7, 11) is 0. The molecule has 4 heteroatoms. The number of rotatable bonds is 3.